The van der Waals surface area contributed by atoms with Crippen LogP contribution in [0.5, 0.6) is 11.5 Å². The van der Waals surface area contributed by atoms with Crippen LogP contribution in [-0.4, -0.2) is 5.97 Å². The first kappa shape index (κ1) is 11.1. The molecule has 17 heavy (non-hydrogen) atoms. The second kappa shape index (κ2) is 4.65. The number of hydrogen-bond acceptors (Lipinski definition) is 3. The van der Waals surface area contributed by atoms with E-state index in [9.17, 15) is 14.3 Å². The fraction of sp³-hybridized carbons (Fsp3) is 0. The van der Waals surface area contributed by atoms with Crippen LogP contribution in [0, 0.1) is 5.82 Å². The van der Waals surface area contributed by atoms with Crippen LogP contribution in [0.2, 0.25) is 0 Å². The molecule has 3 nitrogen and oxygen atoms in total. The number of benzene rings is 2. The van der Waals surface area contributed by atoms with E-state index in [-0.39, 0.29) is 11.4 Å². The maximum absolute atomic E-state index is 12.6. The summed E-state index contributed by atoms with van der Waals surface area (Å²) in [6.07, 6.45) is 0. The zero-order valence-corrected chi connectivity index (χ0v) is 8.72. The van der Waals surface area contributed by atoms with E-state index in [1.165, 1.54) is 48.5 Å². The van der Waals surface area contributed by atoms with Crippen molar-refractivity contribution in [2.24, 2.45) is 0 Å². The molecule has 0 radical (unpaired) electrons. The second-order valence-electron chi connectivity index (χ2n) is 3.37. The van der Waals surface area contributed by atoms with Gasteiger partial charge in [-0.25, -0.2) is 4.39 Å². The lowest BCUT2D eigenvalue weighted by Gasteiger charge is -2.07. The van der Waals surface area contributed by atoms with Gasteiger partial charge in [-0.3, -0.25) is 0 Å². The Hall–Kier alpha value is -2.36. The molecule has 2 aromatic rings. The lowest BCUT2D eigenvalue weighted by Crippen LogP contribution is -2.21. The Balaban J connectivity index is 2.13. The smallest absolute Gasteiger partial charge is 0.127 e. The van der Waals surface area contributed by atoms with Gasteiger partial charge in [0.1, 0.15) is 17.3 Å². The lowest BCUT2D eigenvalue weighted by atomic mass is 10.2. The molecular weight excluding hydrogens is 223 g/mol. The minimum atomic E-state index is -1.24. The van der Waals surface area contributed by atoms with Gasteiger partial charge in [-0.2, -0.15) is 0 Å². The SMILES string of the molecule is O=C([O-])c1ccc(Oc2ccc(F)cc2)cc1. The van der Waals surface area contributed by atoms with Gasteiger partial charge in [0.2, 0.25) is 0 Å². The van der Waals surface area contributed by atoms with Gasteiger partial charge in [-0.05, 0) is 54.1 Å². The molecule has 4 heteroatoms. The van der Waals surface area contributed by atoms with Crippen molar-refractivity contribution in [3.05, 3.63) is 59.9 Å². The Kier molecular flexibility index (Phi) is 3.05. The highest BCUT2D eigenvalue weighted by molar-refractivity contribution is 5.85. The van der Waals surface area contributed by atoms with E-state index in [1.807, 2.05) is 0 Å². The number of aromatic carboxylic acids is 1. The molecule has 2 aromatic carbocycles. The number of carboxylic acids is 1. The van der Waals surface area contributed by atoms with Crippen molar-refractivity contribution in [3.63, 3.8) is 0 Å². The van der Waals surface area contributed by atoms with E-state index >= 15 is 0 Å². The summed E-state index contributed by atoms with van der Waals surface area (Å²) >= 11 is 0. The van der Waals surface area contributed by atoms with Crippen LogP contribution in [0.1, 0.15) is 10.4 Å². The van der Waals surface area contributed by atoms with E-state index in [0.717, 1.165) is 0 Å². The van der Waals surface area contributed by atoms with Crippen LogP contribution < -0.4 is 9.84 Å². The van der Waals surface area contributed by atoms with Gasteiger partial charge >= 0.3 is 0 Å². The summed E-state index contributed by atoms with van der Waals surface area (Å²) < 4.78 is 18.0. The van der Waals surface area contributed by atoms with Gasteiger partial charge in [0.15, 0.2) is 0 Å². The number of ether oxygens (including phenoxy) is 1. The average molecular weight is 231 g/mol. The Bertz CT molecular complexity index is 517. The molecule has 0 aromatic heterocycles. The zero-order chi connectivity index (χ0) is 12.3. The fourth-order valence-electron chi connectivity index (χ4n) is 1.30. The fourth-order valence-corrected chi connectivity index (χ4v) is 1.30. The minimum absolute atomic E-state index is 0.0801. The Morgan fingerprint density at radius 1 is 0.941 bits per heavy atom. The molecule has 86 valence electrons. The standard InChI is InChI=1S/C13H9FO3/c14-10-3-7-12(8-4-10)17-11-5-1-9(2-6-11)13(15)16/h1-8H,(H,15,16)/p-1. The Labute approximate surface area is 97.1 Å². The maximum atomic E-state index is 12.6. The predicted octanol–water partition coefficient (Wildman–Crippen LogP) is 1.98. The Morgan fingerprint density at radius 3 is 1.88 bits per heavy atom. The normalized spacial score (nSPS) is 9.94. The third kappa shape index (κ3) is 2.81. The van der Waals surface area contributed by atoms with Gasteiger partial charge in [-0.1, -0.05) is 0 Å². The summed E-state index contributed by atoms with van der Waals surface area (Å²) in [4.78, 5) is 10.5. The van der Waals surface area contributed by atoms with Crippen LogP contribution >= 0.6 is 0 Å². The zero-order valence-electron chi connectivity index (χ0n) is 8.72. The molecule has 0 spiro atoms. The first-order valence-electron chi connectivity index (χ1n) is 4.90. The van der Waals surface area contributed by atoms with Gasteiger partial charge < -0.3 is 14.6 Å². The number of carboxylic acid groups (broad SMARTS) is 1. The van der Waals surface area contributed by atoms with Gasteiger partial charge in [0.25, 0.3) is 0 Å². The summed E-state index contributed by atoms with van der Waals surface area (Å²) in [7, 11) is 0. The number of rotatable bonds is 3. The van der Waals surface area contributed by atoms with E-state index in [0.29, 0.717) is 11.5 Å². The summed E-state index contributed by atoms with van der Waals surface area (Å²) in [5.41, 5.74) is 0.0801. The van der Waals surface area contributed by atoms with E-state index in [2.05, 4.69) is 0 Å². The number of halogens is 1. The average Bonchev–Trinajstić information content (AvgIpc) is 2.33. The third-order valence-electron chi connectivity index (χ3n) is 2.14. The van der Waals surface area contributed by atoms with Crippen molar-refractivity contribution in [2.75, 3.05) is 0 Å². The molecule has 0 bridgehead atoms. The van der Waals surface area contributed by atoms with Crippen LogP contribution in [0.15, 0.2) is 48.5 Å². The van der Waals surface area contributed by atoms with E-state index in [4.69, 9.17) is 4.74 Å². The molecule has 0 aliphatic heterocycles. The molecule has 0 atom stereocenters. The van der Waals surface area contributed by atoms with Gasteiger partial charge in [0, 0.05) is 0 Å². The maximum Gasteiger partial charge on any atom is 0.127 e. The van der Waals surface area contributed by atoms with Gasteiger partial charge in [0.05, 0.1) is 5.97 Å². The molecule has 0 saturated carbocycles. The van der Waals surface area contributed by atoms with E-state index < -0.39 is 5.97 Å². The predicted molar refractivity (Wildman–Crippen MR) is 57.2 cm³/mol. The van der Waals surface area contributed by atoms with Crippen molar-refractivity contribution in [1.29, 1.82) is 0 Å². The van der Waals surface area contributed by atoms with E-state index in [1.54, 1.807) is 0 Å². The molecular formula is C13H8FO3-. The molecule has 0 aliphatic rings. The van der Waals surface area contributed by atoms with Crippen LogP contribution in [0.25, 0.3) is 0 Å². The number of hydrogen-bond donors (Lipinski definition) is 0. The highest BCUT2D eigenvalue weighted by Gasteiger charge is 1.98. The largest absolute Gasteiger partial charge is 0.545 e. The van der Waals surface area contributed by atoms with Gasteiger partial charge in [-0.15, -0.1) is 0 Å². The summed E-state index contributed by atoms with van der Waals surface area (Å²) in [5.74, 6) is -0.628. The molecule has 0 amide bonds. The number of carbonyl (C=O) groups is 1. The molecule has 0 saturated heterocycles. The van der Waals surface area contributed by atoms with Crippen molar-refractivity contribution >= 4 is 5.97 Å². The molecule has 0 aliphatic carbocycles. The first-order chi connectivity index (χ1) is 8.15. The molecule has 0 N–H and O–H groups in total. The molecule has 0 unspecified atom stereocenters. The van der Waals surface area contributed by atoms with Crippen LogP contribution in [0.4, 0.5) is 4.39 Å². The quantitative estimate of drug-likeness (QED) is 0.811. The molecule has 2 rings (SSSR count). The number of carbonyl (C=O) groups excluding carboxylic acids is 1. The first-order valence-corrected chi connectivity index (χ1v) is 4.90. The summed E-state index contributed by atoms with van der Waals surface area (Å²) in [6.45, 7) is 0. The summed E-state index contributed by atoms with van der Waals surface area (Å²) in [5, 5.41) is 10.5. The van der Waals surface area contributed by atoms with Crippen molar-refractivity contribution in [1.82, 2.24) is 0 Å². The lowest BCUT2D eigenvalue weighted by molar-refractivity contribution is -0.255. The third-order valence-corrected chi connectivity index (χ3v) is 2.14. The van der Waals surface area contributed by atoms with Crippen molar-refractivity contribution in [2.45, 2.75) is 0 Å². The van der Waals surface area contributed by atoms with Crippen LogP contribution in [0.3, 0.4) is 0 Å². The van der Waals surface area contributed by atoms with Crippen molar-refractivity contribution in [3.8, 4) is 11.5 Å². The minimum Gasteiger partial charge on any atom is -0.545 e. The highest BCUT2D eigenvalue weighted by atomic mass is 19.1. The Morgan fingerprint density at radius 2 is 1.41 bits per heavy atom. The molecule has 0 heterocycles. The van der Waals surface area contributed by atoms with Crippen molar-refractivity contribution < 1.29 is 19.0 Å². The topological polar surface area (TPSA) is 49.4 Å². The summed E-state index contributed by atoms with van der Waals surface area (Å²) in [6, 6.07) is 11.3. The second-order valence-corrected chi connectivity index (χ2v) is 3.37. The molecule has 0 fully saturated rings. The van der Waals surface area contributed by atoms with Crippen LogP contribution in [-0.2, 0) is 0 Å². The highest BCUT2D eigenvalue weighted by Crippen LogP contribution is 2.21. The monoisotopic (exact) mass is 231 g/mol.